The molecule has 0 fully saturated rings. The Morgan fingerprint density at radius 2 is 1.94 bits per heavy atom. The average molecular weight is 505 g/mol. The van der Waals surface area contributed by atoms with E-state index in [1.807, 2.05) is 13.0 Å². The number of carbonyl (C=O) groups is 3. The molecule has 3 rings (SSSR count). The fourth-order valence-electron chi connectivity index (χ4n) is 2.92. The van der Waals surface area contributed by atoms with Crippen molar-refractivity contribution >= 4 is 50.8 Å². The molecule has 2 heterocycles. The summed E-state index contributed by atoms with van der Waals surface area (Å²) < 4.78 is 1.74. The van der Waals surface area contributed by atoms with Gasteiger partial charge in [-0.3, -0.25) is 14.4 Å². The van der Waals surface area contributed by atoms with Gasteiger partial charge in [-0.1, -0.05) is 30.7 Å². The second-order valence-corrected chi connectivity index (χ2v) is 7.82. The summed E-state index contributed by atoms with van der Waals surface area (Å²) in [4.78, 5) is 41.3. The fourth-order valence-corrected chi connectivity index (χ4v) is 3.49. The van der Waals surface area contributed by atoms with Gasteiger partial charge in [0.05, 0.1) is 22.8 Å². The van der Waals surface area contributed by atoms with Crippen molar-refractivity contribution in [3.8, 4) is 5.82 Å². The van der Waals surface area contributed by atoms with Gasteiger partial charge in [0.1, 0.15) is 16.1 Å². The molecule has 0 unspecified atom stereocenters. The maximum Gasteiger partial charge on any atom is 0.274 e. The van der Waals surface area contributed by atoms with Gasteiger partial charge in [0.25, 0.3) is 11.8 Å². The van der Waals surface area contributed by atoms with E-state index in [1.165, 1.54) is 17.7 Å². The largest absolute Gasteiger partial charge is 0.345 e. The maximum atomic E-state index is 13.2. The Bertz CT molecular complexity index is 1160. The zero-order valence-electron chi connectivity index (χ0n) is 16.8. The second kappa shape index (κ2) is 9.84. The molecule has 1 aromatic carbocycles. The minimum absolute atomic E-state index is 0.0968. The predicted molar refractivity (Wildman–Crippen MR) is 121 cm³/mol. The van der Waals surface area contributed by atoms with Gasteiger partial charge in [0.15, 0.2) is 5.82 Å². The van der Waals surface area contributed by atoms with E-state index in [1.54, 1.807) is 30.5 Å². The maximum absolute atomic E-state index is 13.2. The van der Waals surface area contributed by atoms with Crippen LogP contribution >= 0.6 is 27.5 Å². The molecule has 0 bridgehead atoms. The first kappa shape index (κ1) is 22.6. The van der Waals surface area contributed by atoms with Crippen LogP contribution in [-0.4, -0.2) is 38.9 Å². The molecule has 160 valence electrons. The number of benzene rings is 1. The van der Waals surface area contributed by atoms with E-state index in [9.17, 15) is 14.4 Å². The summed E-state index contributed by atoms with van der Waals surface area (Å²) >= 11 is 9.51. The molecule has 8 nitrogen and oxygen atoms in total. The van der Waals surface area contributed by atoms with Crippen LogP contribution < -0.4 is 10.6 Å². The third-order valence-corrected chi connectivity index (χ3v) is 5.05. The van der Waals surface area contributed by atoms with Gasteiger partial charge >= 0.3 is 0 Å². The molecule has 10 heteroatoms. The molecule has 0 radical (unpaired) electrons. The Morgan fingerprint density at radius 1 is 1.16 bits per heavy atom. The van der Waals surface area contributed by atoms with Crippen molar-refractivity contribution in [1.29, 1.82) is 0 Å². The van der Waals surface area contributed by atoms with E-state index in [4.69, 9.17) is 11.6 Å². The van der Waals surface area contributed by atoms with Gasteiger partial charge in [-0.25, -0.2) is 9.67 Å². The number of nitrogens with one attached hydrogen (secondary N) is 2. The summed E-state index contributed by atoms with van der Waals surface area (Å²) in [6.07, 6.45) is 2.13. The fraction of sp³-hybridized carbons (Fsp3) is 0.190. The lowest BCUT2D eigenvalue weighted by Gasteiger charge is -2.15. The Balaban J connectivity index is 1.99. The number of aromatic nitrogens is 3. The number of halogens is 2. The van der Waals surface area contributed by atoms with Crippen molar-refractivity contribution in [2.75, 3.05) is 11.9 Å². The standard InChI is InChI=1S/C21H19BrClN5O3/c1-3-13-6-4-7-14(20(30)25-11-12(2)29)18(13)26-21(31)16-10-17(22)27-28(16)19-15(23)8-5-9-24-19/h4-10H,3,11H2,1-2H3,(H,25,30)(H,26,31). The Morgan fingerprint density at radius 3 is 2.61 bits per heavy atom. The first-order valence-electron chi connectivity index (χ1n) is 9.39. The first-order chi connectivity index (χ1) is 14.8. The summed E-state index contributed by atoms with van der Waals surface area (Å²) in [7, 11) is 0. The average Bonchev–Trinajstić information content (AvgIpc) is 3.14. The van der Waals surface area contributed by atoms with Gasteiger partial charge in [-0.05, 0) is 53.0 Å². The molecular weight excluding hydrogens is 486 g/mol. The number of aryl methyl sites for hydroxylation is 1. The number of hydrogen-bond donors (Lipinski definition) is 2. The quantitative estimate of drug-likeness (QED) is 0.509. The number of hydrogen-bond acceptors (Lipinski definition) is 5. The van der Waals surface area contributed by atoms with Crippen molar-refractivity contribution in [1.82, 2.24) is 20.1 Å². The number of pyridine rings is 1. The third kappa shape index (κ3) is 5.18. The summed E-state index contributed by atoms with van der Waals surface area (Å²) in [5.74, 6) is -0.834. The lowest BCUT2D eigenvalue weighted by atomic mass is 10.0. The van der Waals surface area contributed by atoms with Crippen LogP contribution in [0.1, 0.15) is 40.3 Å². The second-order valence-electron chi connectivity index (χ2n) is 6.61. The number of carbonyl (C=O) groups excluding carboxylic acids is 3. The molecule has 0 saturated carbocycles. The number of nitrogens with zero attached hydrogens (tertiary/aromatic N) is 3. The molecule has 0 atom stereocenters. The Hall–Kier alpha value is -3.04. The molecule has 0 spiro atoms. The van der Waals surface area contributed by atoms with E-state index < -0.39 is 11.8 Å². The SMILES string of the molecule is CCc1cccc(C(=O)NCC(C)=O)c1NC(=O)c1cc(Br)nn1-c1ncccc1Cl. The summed E-state index contributed by atoms with van der Waals surface area (Å²) in [5.41, 5.74) is 1.57. The lowest BCUT2D eigenvalue weighted by molar-refractivity contribution is -0.116. The Labute approximate surface area is 192 Å². The number of amides is 2. The van der Waals surface area contributed by atoms with E-state index in [0.29, 0.717) is 27.6 Å². The van der Waals surface area contributed by atoms with E-state index in [2.05, 4.69) is 36.6 Å². The highest BCUT2D eigenvalue weighted by Crippen LogP contribution is 2.25. The highest BCUT2D eigenvalue weighted by atomic mass is 79.9. The third-order valence-electron chi connectivity index (χ3n) is 4.36. The van der Waals surface area contributed by atoms with Crippen LogP contribution in [0.4, 0.5) is 5.69 Å². The number of anilines is 1. The van der Waals surface area contributed by atoms with E-state index in [-0.39, 0.29) is 23.6 Å². The molecule has 2 N–H and O–H groups in total. The summed E-state index contributed by atoms with van der Waals surface area (Å²) in [5, 5.41) is 9.97. The number of para-hydroxylation sites is 1. The van der Waals surface area contributed by atoms with E-state index in [0.717, 1.165) is 5.56 Å². The molecule has 2 amide bonds. The van der Waals surface area contributed by atoms with Crippen LogP contribution in [0, 0.1) is 0 Å². The van der Waals surface area contributed by atoms with Crippen LogP contribution in [0.5, 0.6) is 0 Å². The summed E-state index contributed by atoms with van der Waals surface area (Å²) in [6.45, 7) is 3.20. The molecule has 0 aliphatic carbocycles. The smallest absolute Gasteiger partial charge is 0.274 e. The normalized spacial score (nSPS) is 10.6. The lowest BCUT2D eigenvalue weighted by Crippen LogP contribution is -2.30. The number of rotatable bonds is 7. The highest BCUT2D eigenvalue weighted by molar-refractivity contribution is 9.10. The molecule has 0 aliphatic heterocycles. The van der Waals surface area contributed by atoms with E-state index >= 15 is 0 Å². The van der Waals surface area contributed by atoms with Crippen LogP contribution in [0.15, 0.2) is 47.2 Å². The first-order valence-corrected chi connectivity index (χ1v) is 10.6. The molecule has 2 aromatic heterocycles. The van der Waals surface area contributed by atoms with Crippen molar-refractivity contribution in [2.24, 2.45) is 0 Å². The van der Waals surface area contributed by atoms with Crippen molar-refractivity contribution < 1.29 is 14.4 Å². The predicted octanol–water partition coefficient (Wildman–Crippen LogP) is 3.82. The van der Waals surface area contributed by atoms with Gasteiger partial charge in [0.2, 0.25) is 0 Å². The Kier molecular flexibility index (Phi) is 7.19. The minimum Gasteiger partial charge on any atom is -0.345 e. The van der Waals surface area contributed by atoms with Gasteiger partial charge in [0, 0.05) is 12.3 Å². The number of ketones is 1. The molecule has 3 aromatic rings. The van der Waals surface area contributed by atoms with Gasteiger partial charge < -0.3 is 10.6 Å². The van der Waals surface area contributed by atoms with Gasteiger partial charge in [-0.15, -0.1) is 0 Å². The van der Waals surface area contributed by atoms with Crippen molar-refractivity contribution in [3.63, 3.8) is 0 Å². The molecule has 0 saturated heterocycles. The van der Waals surface area contributed by atoms with Gasteiger partial charge in [-0.2, -0.15) is 5.10 Å². The monoisotopic (exact) mass is 503 g/mol. The molecule has 0 aliphatic rings. The van der Waals surface area contributed by atoms with Crippen LogP contribution in [0.25, 0.3) is 5.82 Å². The van der Waals surface area contributed by atoms with Crippen LogP contribution in [0.3, 0.4) is 0 Å². The minimum atomic E-state index is -0.499. The zero-order chi connectivity index (χ0) is 22.5. The highest BCUT2D eigenvalue weighted by Gasteiger charge is 2.22. The van der Waals surface area contributed by atoms with Crippen molar-refractivity contribution in [3.05, 3.63) is 69.0 Å². The zero-order valence-corrected chi connectivity index (χ0v) is 19.1. The van der Waals surface area contributed by atoms with Crippen LogP contribution in [-0.2, 0) is 11.2 Å². The number of Topliss-reactive ketones (excluding diaryl/α,β-unsaturated/α-hetero) is 1. The topological polar surface area (TPSA) is 106 Å². The van der Waals surface area contributed by atoms with Crippen molar-refractivity contribution in [2.45, 2.75) is 20.3 Å². The molecular formula is C21H19BrClN5O3. The molecule has 31 heavy (non-hydrogen) atoms. The summed E-state index contributed by atoms with van der Waals surface area (Å²) in [6, 6.07) is 9.99. The van der Waals surface area contributed by atoms with Crippen LogP contribution in [0.2, 0.25) is 5.02 Å².